The monoisotopic (exact) mass is 424 g/mol. The average Bonchev–Trinajstić information content (AvgIpc) is 3.53. The van der Waals surface area contributed by atoms with Crippen molar-refractivity contribution in [3.8, 4) is 0 Å². The quantitative estimate of drug-likeness (QED) is 0.591. The molecule has 3 saturated carbocycles. The van der Waals surface area contributed by atoms with Gasteiger partial charge in [0.15, 0.2) is 0 Å². The Bertz CT molecular complexity index is 914. The molecule has 5 nitrogen and oxygen atoms in total. The summed E-state index contributed by atoms with van der Waals surface area (Å²) in [5.74, 6) is 1.59. The average molecular weight is 425 g/mol. The van der Waals surface area contributed by atoms with Crippen molar-refractivity contribution in [1.82, 2.24) is 4.90 Å². The second-order valence-electron chi connectivity index (χ2n) is 9.70. The molecular formula is C24H25ClN2O3. The molecule has 6 unspecified atom stereocenters. The summed E-state index contributed by atoms with van der Waals surface area (Å²) < 4.78 is 0. The lowest BCUT2D eigenvalue weighted by Crippen LogP contribution is -2.44. The third-order valence-electron chi connectivity index (χ3n) is 8.24. The van der Waals surface area contributed by atoms with Crippen LogP contribution >= 0.6 is 11.6 Å². The van der Waals surface area contributed by atoms with Crippen molar-refractivity contribution in [2.24, 2.45) is 41.4 Å². The molecule has 30 heavy (non-hydrogen) atoms. The highest BCUT2D eigenvalue weighted by molar-refractivity contribution is 6.30. The fourth-order valence-corrected chi connectivity index (χ4v) is 6.84. The minimum atomic E-state index is -0.123. The molecule has 6 aliphatic rings. The Morgan fingerprint density at radius 2 is 1.47 bits per heavy atom. The van der Waals surface area contributed by atoms with E-state index in [1.807, 2.05) is 0 Å². The first-order valence-electron chi connectivity index (χ1n) is 11.1. The van der Waals surface area contributed by atoms with E-state index in [2.05, 4.69) is 17.5 Å². The largest absolute Gasteiger partial charge is 0.326 e. The van der Waals surface area contributed by atoms with Gasteiger partial charge in [0.1, 0.15) is 0 Å². The molecule has 0 spiro atoms. The van der Waals surface area contributed by atoms with Gasteiger partial charge < -0.3 is 5.32 Å². The number of nitrogens with zero attached hydrogens (tertiary/aromatic N) is 1. The number of amides is 3. The molecule has 4 fully saturated rings. The van der Waals surface area contributed by atoms with Crippen LogP contribution < -0.4 is 5.32 Å². The number of hydrogen-bond donors (Lipinski definition) is 1. The van der Waals surface area contributed by atoms with Gasteiger partial charge in [-0.25, -0.2) is 0 Å². The van der Waals surface area contributed by atoms with Crippen molar-refractivity contribution in [3.05, 3.63) is 41.4 Å². The van der Waals surface area contributed by atoms with E-state index in [0.29, 0.717) is 42.5 Å². The number of rotatable bonds is 3. The summed E-state index contributed by atoms with van der Waals surface area (Å²) in [6.45, 7) is 0. The molecule has 1 saturated heterocycles. The first kappa shape index (κ1) is 18.6. The van der Waals surface area contributed by atoms with Crippen LogP contribution in [-0.2, 0) is 14.4 Å². The van der Waals surface area contributed by atoms with Gasteiger partial charge in [0.25, 0.3) is 0 Å². The van der Waals surface area contributed by atoms with E-state index < -0.39 is 0 Å². The van der Waals surface area contributed by atoms with Gasteiger partial charge in [-0.05, 0) is 80.0 Å². The fourth-order valence-electron chi connectivity index (χ4n) is 6.71. The summed E-state index contributed by atoms with van der Waals surface area (Å²) >= 11 is 5.90. The fraction of sp³-hybridized carbons (Fsp3) is 0.542. The van der Waals surface area contributed by atoms with Crippen molar-refractivity contribution in [2.45, 2.75) is 38.1 Å². The maximum Gasteiger partial charge on any atom is 0.233 e. The standard InChI is InChI=1S/C24H25ClN2O3/c25-13-3-5-14(6-4-13)26-22(28)12-1-7-15(8-2-12)27-23(29)20-16-9-10-17(19-11-18(16)19)21(20)24(27)30/h3-6,9-10,12,15-21H,1-2,7-8,11H2,(H,26,28). The third-order valence-corrected chi connectivity index (χ3v) is 8.49. The molecule has 1 heterocycles. The molecule has 5 aliphatic carbocycles. The Balaban J connectivity index is 1.11. The molecule has 6 heteroatoms. The van der Waals surface area contributed by atoms with Crippen LogP contribution in [0.25, 0.3) is 0 Å². The lowest BCUT2D eigenvalue weighted by atomic mass is 9.63. The third kappa shape index (κ3) is 2.71. The molecule has 0 aromatic heterocycles. The number of likely N-dealkylation sites (tertiary alicyclic amines) is 1. The summed E-state index contributed by atoms with van der Waals surface area (Å²) in [6.07, 6.45) is 8.44. The Morgan fingerprint density at radius 3 is 2.03 bits per heavy atom. The smallest absolute Gasteiger partial charge is 0.233 e. The van der Waals surface area contributed by atoms with Gasteiger partial charge >= 0.3 is 0 Å². The first-order valence-corrected chi connectivity index (χ1v) is 11.5. The molecule has 1 aromatic rings. The predicted molar refractivity (Wildman–Crippen MR) is 112 cm³/mol. The second-order valence-corrected chi connectivity index (χ2v) is 10.1. The van der Waals surface area contributed by atoms with Gasteiger partial charge in [-0.2, -0.15) is 0 Å². The zero-order valence-corrected chi connectivity index (χ0v) is 17.4. The zero-order valence-electron chi connectivity index (χ0n) is 16.7. The molecule has 1 aliphatic heterocycles. The van der Waals surface area contributed by atoms with Gasteiger partial charge in [-0.1, -0.05) is 23.8 Å². The number of hydrogen-bond acceptors (Lipinski definition) is 3. The van der Waals surface area contributed by atoms with Crippen LogP contribution in [0.3, 0.4) is 0 Å². The zero-order chi connectivity index (χ0) is 20.6. The van der Waals surface area contributed by atoms with Gasteiger partial charge in [0.2, 0.25) is 17.7 Å². The van der Waals surface area contributed by atoms with Gasteiger partial charge in [-0.3, -0.25) is 19.3 Å². The minimum Gasteiger partial charge on any atom is -0.326 e. The number of benzene rings is 1. The van der Waals surface area contributed by atoms with Crippen LogP contribution in [0.4, 0.5) is 5.69 Å². The van der Waals surface area contributed by atoms with Crippen LogP contribution in [0.5, 0.6) is 0 Å². The normalized spacial score (nSPS) is 40.9. The molecule has 7 rings (SSSR count). The number of imide groups is 1. The maximum atomic E-state index is 13.3. The summed E-state index contributed by atoms with van der Waals surface area (Å²) in [4.78, 5) is 40.8. The summed E-state index contributed by atoms with van der Waals surface area (Å²) in [6, 6.07) is 7.05. The van der Waals surface area contributed by atoms with Gasteiger partial charge in [-0.15, -0.1) is 0 Å². The summed E-state index contributed by atoms with van der Waals surface area (Å²) in [7, 11) is 0. The van der Waals surface area contributed by atoms with Crippen LogP contribution in [0.1, 0.15) is 32.1 Å². The lowest BCUT2D eigenvalue weighted by Gasteiger charge is -2.37. The van der Waals surface area contributed by atoms with E-state index in [-0.39, 0.29) is 53.4 Å². The van der Waals surface area contributed by atoms with Crippen molar-refractivity contribution < 1.29 is 14.4 Å². The van der Waals surface area contributed by atoms with Crippen LogP contribution in [0.2, 0.25) is 5.02 Å². The molecule has 3 amide bonds. The molecule has 0 radical (unpaired) electrons. The van der Waals surface area contributed by atoms with Crippen molar-refractivity contribution in [1.29, 1.82) is 0 Å². The van der Waals surface area contributed by atoms with E-state index in [9.17, 15) is 14.4 Å². The van der Waals surface area contributed by atoms with Crippen LogP contribution in [-0.4, -0.2) is 28.7 Å². The Hall–Kier alpha value is -2.14. The number of carbonyl (C=O) groups is 3. The van der Waals surface area contributed by atoms with Crippen LogP contribution in [0, 0.1) is 41.4 Å². The Kier molecular flexibility index (Phi) is 4.14. The minimum absolute atomic E-state index is 0.00542. The highest BCUT2D eigenvalue weighted by Gasteiger charge is 2.67. The van der Waals surface area contributed by atoms with Crippen LogP contribution in [0.15, 0.2) is 36.4 Å². The van der Waals surface area contributed by atoms with E-state index in [4.69, 9.17) is 11.6 Å². The molecule has 1 aromatic carbocycles. The number of nitrogens with one attached hydrogen (secondary N) is 1. The number of allylic oxidation sites excluding steroid dienone is 2. The predicted octanol–water partition coefficient (Wildman–Crippen LogP) is 3.89. The molecule has 1 N–H and O–H groups in total. The van der Waals surface area contributed by atoms with E-state index in [1.165, 1.54) is 6.42 Å². The SMILES string of the molecule is O=C(Nc1ccc(Cl)cc1)C1CCC(N2C(=O)C3C4C=CC(C5CC45)C3C2=O)CC1. The van der Waals surface area contributed by atoms with E-state index >= 15 is 0 Å². The second kappa shape index (κ2) is 6.68. The number of halogens is 1. The van der Waals surface area contributed by atoms with Crippen molar-refractivity contribution in [3.63, 3.8) is 0 Å². The van der Waals surface area contributed by atoms with E-state index in [0.717, 1.165) is 5.69 Å². The highest BCUT2D eigenvalue weighted by atomic mass is 35.5. The summed E-state index contributed by atoms with van der Waals surface area (Å²) in [5.41, 5.74) is 0.738. The van der Waals surface area contributed by atoms with E-state index in [1.54, 1.807) is 29.2 Å². The van der Waals surface area contributed by atoms with Crippen molar-refractivity contribution in [2.75, 3.05) is 5.32 Å². The van der Waals surface area contributed by atoms with Crippen molar-refractivity contribution >= 4 is 35.0 Å². The van der Waals surface area contributed by atoms with Gasteiger partial charge in [0.05, 0.1) is 11.8 Å². The maximum absolute atomic E-state index is 13.3. The Labute approximate surface area is 180 Å². The highest BCUT2D eigenvalue weighted by Crippen LogP contribution is 2.65. The molecule has 2 bridgehead atoms. The molecular weight excluding hydrogens is 400 g/mol. The first-order chi connectivity index (χ1) is 14.5. The topological polar surface area (TPSA) is 66.5 Å². The lowest BCUT2D eigenvalue weighted by molar-refractivity contribution is -0.144. The molecule has 6 atom stereocenters. The molecule has 156 valence electrons. The van der Waals surface area contributed by atoms with Gasteiger partial charge in [0, 0.05) is 22.7 Å². The number of anilines is 1. The number of carbonyl (C=O) groups excluding carboxylic acids is 3. The summed E-state index contributed by atoms with van der Waals surface area (Å²) in [5, 5.41) is 3.59. The Morgan fingerprint density at radius 1 is 0.900 bits per heavy atom.